The van der Waals surface area contributed by atoms with E-state index in [1.807, 2.05) is 0 Å². The molecule has 3 rings (SSSR count). The maximum absolute atomic E-state index is 12.0. The van der Waals surface area contributed by atoms with Gasteiger partial charge in [-0.3, -0.25) is 14.3 Å². The van der Waals surface area contributed by atoms with E-state index in [1.165, 1.54) is 12.4 Å². The van der Waals surface area contributed by atoms with Gasteiger partial charge in [0.25, 0.3) is 5.56 Å². The second kappa shape index (κ2) is 4.46. The molecule has 0 aliphatic heterocycles. The zero-order valence-corrected chi connectivity index (χ0v) is 10.7. The molecule has 2 aromatic heterocycles. The van der Waals surface area contributed by atoms with Crippen LogP contribution in [0.1, 0.15) is 34.7 Å². The summed E-state index contributed by atoms with van der Waals surface area (Å²) in [6.07, 6.45) is 3.58. The van der Waals surface area contributed by atoms with E-state index < -0.39 is 0 Å². The van der Waals surface area contributed by atoms with E-state index in [1.54, 1.807) is 22.4 Å². The van der Waals surface area contributed by atoms with Gasteiger partial charge in [-0.1, -0.05) is 0 Å². The third-order valence-electron chi connectivity index (χ3n) is 3.52. The van der Waals surface area contributed by atoms with Gasteiger partial charge in [0.05, 0.1) is 6.54 Å². The van der Waals surface area contributed by atoms with Crippen molar-refractivity contribution in [2.75, 3.05) is 0 Å². The number of nitrogens with zero attached hydrogens (tertiary/aromatic N) is 4. The molecule has 0 saturated heterocycles. The fourth-order valence-corrected chi connectivity index (χ4v) is 2.47. The molecule has 0 spiro atoms. The number of fused-ring (bicyclic) bond motifs is 1. The molecule has 2 aromatic rings. The van der Waals surface area contributed by atoms with Crippen molar-refractivity contribution in [1.29, 1.82) is 0 Å². The Balaban J connectivity index is 2.10. The van der Waals surface area contributed by atoms with E-state index in [2.05, 4.69) is 10.1 Å². The lowest BCUT2D eigenvalue weighted by Crippen LogP contribution is -2.29. The normalized spacial score (nSPS) is 14.5. The standard InChI is InChI=1S/C13H14N4O2/c1-16-12(14-8-15-16)7-17-10-3-2-4-11(18)9(10)5-6-13(17)19/h5-6,8H,2-4,7H2,1H3. The van der Waals surface area contributed by atoms with Crippen molar-refractivity contribution in [2.24, 2.45) is 7.05 Å². The molecule has 0 aromatic carbocycles. The van der Waals surface area contributed by atoms with Crippen LogP contribution in [0.25, 0.3) is 0 Å². The zero-order valence-electron chi connectivity index (χ0n) is 10.7. The Bertz CT molecular complexity index is 699. The predicted octanol–water partition coefficient (Wildman–Crippen LogP) is 0.544. The van der Waals surface area contributed by atoms with E-state index in [-0.39, 0.29) is 11.3 Å². The van der Waals surface area contributed by atoms with E-state index in [4.69, 9.17) is 0 Å². The third-order valence-corrected chi connectivity index (χ3v) is 3.52. The number of pyridine rings is 1. The van der Waals surface area contributed by atoms with Crippen LogP contribution in [-0.2, 0) is 20.0 Å². The van der Waals surface area contributed by atoms with Gasteiger partial charge in [-0.2, -0.15) is 5.10 Å². The molecule has 0 atom stereocenters. The quantitative estimate of drug-likeness (QED) is 0.788. The summed E-state index contributed by atoms with van der Waals surface area (Å²) in [6, 6.07) is 3.10. The molecule has 2 heterocycles. The SMILES string of the molecule is Cn1ncnc1Cn1c2c(ccc1=O)C(=O)CCC2. The molecule has 0 N–H and O–H groups in total. The van der Waals surface area contributed by atoms with Crippen LogP contribution in [0.5, 0.6) is 0 Å². The number of aromatic nitrogens is 4. The van der Waals surface area contributed by atoms with Gasteiger partial charge in [0.1, 0.15) is 12.2 Å². The van der Waals surface area contributed by atoms with Crippen LogP contribution in [-0.4, -0.2) is 25.1 Å². The lowest BCUT2D eigenvalue weighted by Gasteiger charge is -2.19. The first-order chi connectivity index (χ1) is 9.16. The van der Waals surface area contributed by atoms with Crippen LogP contribution >= 0.6 is 0 Å². The van der Waals surface area contributed by atoms with Gasteiger partial charge in [-0.25, -0.2) is 4.98 Å². The molecule has 19 heavy (non-hydrogen) atoms. The van der Waals surface area contributed by atoms with Gasteiger partial charge in [-0.15, -0.1) is 0 Å². The number of hydrogen-bond donors (Lipinski definition) is 0. The molecular weight excluding hydrogens is 244 g/mol. The average molecular weight is 258 g/mol. The summed E-state index contributed by atoms with van der Waals surface area (Å²) >= 11 is 0. The van der Waals surface area contributed by atoms with Gasteiger partial charge >= 0.3 is 0 Å². The second-order valence-corrected chi connectivity index (χ2v) is 4.69. The Labute approximate surface area is 109 Å². The molecule has 6 heteroatoms. The van der Waals surface area contributed by atoms with Crippen molar-refractivity contribution in [2.45, 2.75) is 25.8 Å². The van der Waals surface area contributed by atoms with Crippen LogP contribution in [0.3, 0.4) is 0 Å². The number of Topliss-reactive ketones (excluding diaryl/α,β-unsaturated/α-hetero) is 1. The third kappa shape index (κ3) is 1.99. The highest BCUT2D eigenvalue weighted by Crippen LogP contribution is 2.20. The zero-order chi connectivity index (χ0) is 13.4. The maximum Gasteiger partial charge on any atom is 0.251 e. The van der Waals surface area contributed by atoms with Crippen LogP contribution in [0.4, 0.5) is 0 Å². The molecule has 0 radical (unpaired) electrons. The number of rotatable bonds is 2. The summed E-state index contributed by atoms with van der Waals surface area (Å²) in [7, 11) is 1.79. The first kappa shape index (κ1) is 11.8. The number of carbonyl (C=O) groups excluding carboxylic acids is 1. The Kier molecular flexibility index (Phi) is 2.77. The molecule has 98 valence electrons. The highest BCUT2D eigenvalue weighted by Gasteiger charge is 2.21. The highest BCUT2D eigenvalue weighted by atomic mass is 16.1. The first-order valence-corrected chi connectivity index (χ1v) is 6.25. The minimum Gasteiger partial charge on any atom is -0.304 e. The van der Waals surface area contributed by atoms with Gasteiger partial charge in [0.15, 0.2) is 5.78 Å². The molecule has 6 nitrogen and oxygen atoms in total. The van der Waals surface area contributed by atoms with Crippen molar-refractivity contribution in [3.8, 4) is 0 Å². The Morgan fingerprint density at radius 3 is 2.84 bits per heavy atom. The average Bonchev–Trinajstić information content (AvgIpc) is 2.79. The smallest absolute Gasteiger partial charge is 0.251 e. The van der Waals surface area contributed by atoms with E-state index >= 15 is 0 Å². The molecule has 0 saturated carbocycles. The van der Waals surface area contributed by atoms with Crippen molar-refractivity contribution in [1.82, 2.24) is 19.3 Å². The van der Waals surface area contributed by atoms with Crippen LogP contribution in [0.2, 0.25) is 0 Å². The van der Waals surface area contributed by atoms with Crippen LogP contribution < -0.4 is 5.56 Å². The van der Waals surface area contributed by atoms with E-state index in [0.29, 0.717) is 24.4 Å². The molecular formula is C13H14N4O2. The molecule has 0 amide bonds. The topological polar surface area (TPSA) is 69.8 Å². The molecule has 1 aliphatic rings. The van der Waals surface area contributed by atoms with Crippen LogP contribution in [0.15, 0.2) is 23.3 Å². The minimum absolute atomic E-state index is 0.101. The van der Waals surface area contributed by atoms with Gasteiger partial charge < -0.3 is 4.57 Å². The largest absolute Gasteiger partial charge is 0.304 e. The van der Waals surface area contributed by atoms with Crippen LogP contribution in [0, 0.1) is 0 Å². The van der Waals surface area contributed by atoms with Crippen molar-refractivity contribution in [3.05, 3.63) is 45.9 Å². The number of carbonyl (C=O) groups is 1. The van der Waals surface area contributed by atoms with Gasteiger partial charge in [0.2, 0.25) is 0 Å². The Morgan fingerprint density at radius 2 is 2.11 bits per heavy atom. The summed E-state index contributed by atoms with van der Waals surface area (Å²) in [4.78, 5) is 28.0. The van der Waals surface area contributed by atoms with E-state index in [0.717, 1.165) is 18.5 Å². The molecule has 0 bridgehead atoms. The first-order valence-electron chi connectivity index (χ1n) is 6.25. The summed E-state index contributed by atoms with van der Waals surface area (Å²) in [5.74, 6) is 0.821. The molecule has 1 aliphatic carbocycles. The lowest BCUT2D eigenvalue weighted by atomic mass is 9.94. The summed E-state index contributed by atoms with van der Waals surface area (Å²) in [6.45, 7) is 0.353. The summed E-state index contributed by atoms with van der Waals surface area (Å²) in [5.41, 5.74) is 1.40. The molecule has 0 unspecified atom stereocenters. The predicted molar refractivity (Wildman–Crippen MR) is 68.1 cm³/mol. The monoisotopic (exact) mass is 258 g/mol. The fraction of sp³-hybridized carbons (Fsp3) is 0.385. The van der Waals surface area contributed by atoms with Gasteiger partial charge in [0, 0.05) is 30.8 Å². The summed E-state index contributed by atoms with van der Waals surface area (Å²) in [5, 5.41) is 3.99. The Morgan fingerprint density at radius 1 is 1.26 bits per heavy atom. The van der Waals surface area contributed by atoms with Crippen molar-refractivity contribution in [3.63, 3.8) is 0 Å². The Hall–Kier alpha value is -2.24. The number of ketones is 1. The minimum atomic E-state index is -0.101. The highest BCUT2D eigenvalue weighted by molar-refractivity contribution is 5.97. The van der Waals surface area contributed by atoms with Crippen molar-refractivity contribution >= 4 is 5.78 Å². The maximum atomic E-state index is 12.0. The molecule has 0 fully saturated rings. The lowest BCUT2D eigenvalue weighted by molar-refractivity contribution is 0.0970. The number of hydrogen-bond acceptors (Lipinski definition) is 4. The fourth-order valence-electron chi connectivity index (χ4n) is 2.47. The van der Waals surface area contributed by atoms with Crippen molar-refractivity contribution < 1.29 is 4.79 Å². The number of aryl methyl sites for hydroxylation is 1. The van der Waals surface area contributed by atoms with E-state index in [9.17, 15) is 9.59 Å². The second-order valence-electron chi connectivity index (χ2n) is 4.69. The van der Waals surface area contributed by atoms with Gasteiger partial charge in [-0.05, 0) is 18.9 Å². The summed E-state index contributed by atoms with van der Waals surface area (Å²) < 4.78 is 3.27.